The highest BCUT2D eigenvalue weighted by molar-refractivity contribution is 5.82. The van der Waals surface area contributed by atoms with Crippen LogP contribution in [0.2, 0.25) is 0 Å². The maximum atomic E-state index is 12.5. The zero-order valence-electron chi connectivity index (χ0n) is 12.1. The standard InChI is InChI=1S/C15H28N2O2/c1-12-13(6-9-19-12)10-17-14(18)15(11-16)7-4-2-3-5-8-15/h12-13H,2-11,16H2,1H3,(H,17,18). The number of hydrogen-bond acceptors (Lipinski definition) is 3. The summed E-state index contributed by atoms with van der Waals surface area (Å²) in [4.78, 5) is 12.5. The van der Waals surface area contributed by atoms with Gasteiger partial charge in [-0.3, -0.25) is 4.79 Å². The van der Waals surface area contributed by atoms with E-state index in [-0.39, 0.29) is 17.4 Å². The summed E-state index contributed by atoms with van der Waals surface area (Å²) in [5.74, 6) is 0.639. The van der Waals surface area contributed by atoms with Crippen LogP contribution in [0.4, 0.5) is 0 Å². The molecular formula is C15H28N2O2. The van der Waals surface area contributed by atoms with Crippen molar-refractivity contribution in [2.45, 2.75) is 58.0 Å². The van der Waals surface area contributed by atoms with Gasteiger partial charge in [-0.25, -0.2) is 0 Å². The molecule has 2 fully saturated rings. The van der Waals surface area contributed by atoms with Gasteiger partial charge in [-0.1, -0.05) is 25.7 Å². The lowest BCUT2D eigenvalue weighted by Gasteiger charge is -2.30. The highest BCUT2D eigenvalue weighted by atomic mass is 16.5. The maximum Gasteiger partial charge on any atom is 0.227 e. The minimum atomic E-state index is -0.306. The van der Waals surface area contributed by atoms with Crippen LogP contribution in [0, 0.1) is 11.3 Å². The Kier molecular flexibility index (Phi) is 5.22. The molecule has 1 heterocycles. The monoisotopic (exact) mass is 268 g/mol. The average Bonchev–Trinajstić information content (AvgIpc) is 2.68. The van der Waals surface area contributed by atoms with Gasteiger partial charge in [-0.2, -0.15) is 0 Å². The van der Waals surface area contributed by atoms with Crippen LogP contribution in [-0.2, 0) is 9.53 Å². The first-order valence-corrected chi connectivity index (χ1v) is 7.78. The second-order valence-corrected chi connectivity index (χ2v) is 6.23. The van der Waals surface area contributed by atoms with Gasteiger partial charge in [-0.05, 0) is 26.2 Å². The van der Waals surface area contributed by atoms with Crippen molar-refractivity contribution in [2.75, 3.05) is 19.7 Å². The summed E-state index contributed by atoms with van der Waals surface area (Å²) >= 11 is 0. The summed E-state index contributed by atoms with van der Waals surface area (Å²) < 4.78 is 5.54. The Morgan fingerprint density at radius 2 is 2.00 bits per heavy atom. The Labute approximate surface area is 116 Å². The molecule has 0 aromatic rings. The van der Waals surface area contributed by atoms with Crippen molar-refractivity contribution in [2.24, 2.45) is 17.1 Å². The molecule has 1 aliphatic heterocycles. The van der Waals surface area contributed by atoms with Crippen LogP contribution >= 0.6 is 0 Å². The Morgan fingerprint density at radius 1 is 1.32 bits per heavy atom. The summed E-state index contributed by atoms with van der Waals surface area (Å²) in [5.41, 5.74) is 5.63. The lowest BCUT2D eigenvalue weighted by Crippen LogP contribution is -2.47. The number of ether oxygens (including phenoxy) is 1. The Balaban J connectivity index is 1.88. The number of rotatable bonds is 4. The molecule has 2 aliphatic rings. The van der Waals surface area contributed by atoms with Crippen LogP contribution < -0.4 is 11.1 Å². The summed E-state index contributed by atoms with van der Waals surface area (Å²) in [5, 5.41) is 3.15. The minimum Gasteiger partial charge on any atom is -0.378 e. The molecule has 2 unspecified atom stereocenters. The van der Waals surface area contributed by atoms with Crippen molar-refractivity contribution >= 4 is 5.91 Å². The summed E-state index contributed by atoms with van der Waals surface area (Å²) in [6.45, 7) is 4.13. The second-order valence-electron chi connectivity index (χ2n) is 6.23. The Morgan fingerprint density at radius 3 is 2.53 bits per heavy atom. The number of nitrogens with one attached hydrogen (secondary N) is 1. The van der Waals surface area contributed by atoms with Gasteiger partial charge < -0.3 is 15.8 Å². The van der Waals surface area contributed by atoms with Gasteiger partial charge in [0.1, 0.15) is 0 Å². The van der Waals surface area contributed by atoms with E-state index in [1.165, 1.54) is 12.8 Å². The van der Waals surface area contributed by atoms with Gasteiger partial charge in [0.05, 0.1) is 11.5 Å². The first kappa shape index (κ1) is 14.8. The number of amides is 1. The largest absolute Gasteiger partial charge is 0.378 e. The molecule has 110 valence electrons. The van der Waals surface area contributed by atoms with Crippen molar-refractivity contribution in [3.63, 3.8) is 0 Å². The minimum absolute atomic E-state index is 0.177. The third-order valence-electron chi connectivity index (χ3n) is 4.99. The summed E-state index contributed by atoms with van der Waals surface area (Å²) in [6, 6.07) is 0. The first-order chi connectivity index (χ1) is 9.18. The van der Waals surface area contributed by atoms with Crippen LogP contribution in [0.3, 0.4) is 0 Å². The fourth-order valence-electron chi connectivity index (χ4n) is 3.38. The molecule has 4 heteroatoms. The average molecular weight is 268 g/mol. The van der Waals surface area contributed by atoms with Crippen molar-refractivity contribution in [1.29, 1.82) is 0 Å². The molecule has 2 rings (SSSR count). The van der Waals surface area contributed by atoms with Crippen LogP contribution in [0.15, 0.2) is 0 Å². The number of carbonyl (C=O) groups excluding carboxylic acids is 1. The first-order valence-electron chi connectivity index (χ1n) is 7.78. The van der Waals surface area contributed by atoms with Gasteiger partial charge in [0.2, 0.25) is 5.91 Å². The Bertz CT molecular complexity index is 299. The van der Waals surface area contributed by atoms with E-state index in [0.717, 1.165) is 45.3 Å². The molecule has 1 amide bonds. The highest BCUT2D eigenvalue weighted by Crippen LogP contribution is 2.34. The molecule has 2 atom stereocenters. The normalized spacial score (nSPS) is 30.8. The summed E-state index contributed by atoms with van der Waals surface area (Å²) in [7, 11) is 0. The topological polar surface area (TPSA) is 64.3 Å². The van der Waals surface area contributed by atoms with Gasteiger partial charge in [0, 0.05) is 25.6 Å². The quantitative estimate of drug-likeness (QED) is 0.765. The van der Waals surface area contributed by atoms with E-state index < -0.39 is 0 Å². The van der Waals surface area contributed by atoms with E-state index >= 15 is 0 Å². The molecule has 0 aromatic carbocycles. The van der Waals surface area contributed by atoms with Crippen molar-refractivity contribution < 1.29 is 9.53 Å². The second kappa shape index (κ2) is 6.71. The number of carbonyl (C=O) groups is 1. The third-order valence-corrected chi connectivity index (χ3v) is 4.99. The molecule has 0 aromatic heterocycles. The molecule has 4 nitrogen and oxygen atoms in total. The number of hydrogen-bond donors (Lipinski definition) is 2. The zero-order chi connectivity index (χ0) is 13.7. The van der Waals surface area contributed by atoms with E-state index in [1.807, 2.05) is 0 Å². The van der Waals surface area contributed by atoms with E-state index in [9.17, 15) is 4.79 Å². The molecule has 0 spiro atoms. The molecule has 3 N–H and O–H groups in total. The molecule has 1 aliphatic carbocycles. The van der Waals surface area contributed by atoms with Crippen LogP contribution in [0.5, 0.6) is 0 Å². The molecular weight excluding hydrogens is 240 g/mol. The third kappa shape index (κ3) is 3.48. The van der Waals surface area contributed by atoms with Crippen LogP contribution in [0.25, 0.3) is 0 Å². The highest BCUT2D eigenvalue weighted by Gasteiger charge is 2.37. The number of nitrogens with two attached hydrogens (primary N) is 1. The lowest BCUT2D eigenvalue weighted by atomic mass is 9.79. The predicted octanol–water partition coefficient (Wildman–Crippen LogP) is 1.83. The molecule has 0 radical (unpaired) electrons. The van der Waals surface area contributed by atoms with Gasteiger partial charge >= 0.3 is 0 Å². The van der Waals surface area contributed by atoms with Crippen LogP contribution in [0.1, 0.15) is 51.9 Å². The molecule has 19 heavy (non-hydrogen) atoms. The van der Waals surface area contributed by atoms with Crippen molar-refractivity contribution in [1.82, 2.24) is 5.32 Å². The Hall–Kier alpha value is -0.610. The molecule has 1 saturated carbocycles. The van der Waals surface area contributed by atoms with E-state index in [0.29, 0.717) is 12.5 Å². The van der Waals surface area contributed by atoms with Crippen molar-refractivity contribution in [3.8, 4) is 0 Å². The molecule has 1 saturated heterocycles. The zero-order valence-corrected chi connectivity index (χ0v) is 12.1. The fraction of sp³-hybridized carbons (Fsp3) is 0.933. The maximum absolute atomic E-state index is 12.5. The van der Waals surface area contributed by atoms with Gasteiger partial charge in [-0.15, -0.1) is 0 Å². The fourth-order valence-corrected chi connectivity index (χ4v) is 3.38. The van der Waals surface area contributed by atoms with Gasteiger partial charge in [0.25, 0.3) is 0 Å². The lowest BCUT2D eigenvalue weighted by molar-refractivity contribution is -0.131. The van der Waals surface area contributed by atoms with Gasteiger partial charge in [0.15, 0.2) is 0 Å². The smallest absolute Gasteiger partial charge is 0.227 e. The van der Waals surface area contributed by atoms with Crippen molar-refractivity contribution in [3.05, 3.63) is 0 Å². The SMILES string of the molecule is CC1OCCC1CNC(=O)C1(CN)CCCCCC1. The predicted molar refractivity (Wildman–Crippen MR) is 75.7 cm³/mol. The van der Waals surface area contributed by atoms with Crippen LogP contribution in [-0.4, -0.2) is 31.7 Å². The summed E-state index contributed by atoms with van der Waals surface area (Å²) in [6.07, 6.45) is 7.96. The van der Waals surface area contributed by atoms with E-state index in [1.54, 1.807) is 0 Å². The van der Waals surface area contributed by atoms with E-state index in [4.69, 9.17) is 10.5 Å². The van der Waals surface area contributed by atoms with E-state index in [2.05, 4.69) is 12.2 Å². The molecule has 0 bridgehead atoms.